The molecule has 2 N–H and O–H groups in total. The lowest BCUT2D eigenvalue weighted by molar-refractivity contribution is -0.123. The van der Waals surface area contributed by atoms with Gasteiger partial charge in [0.15, 0.2) is 11.5 Å². The Morgan fingerprint density at radius 1 is 1.20 bits per heavy atom. The van der Waals surface area contributed by atoms with Gasteiger partial charge in [-0.25, -0.2) is 0 Å². The molecule has 0 unspecified atom stereocenters. The van der Waals surface area contributed by atoms with Crippen LogP contribution in [0.15, 0.2) is 18.2 Å². The molecule has 2 amide bonds. The molecule has 0 saturated heterocycles. The zero-order valence-corrected chi connectivity index (χ0v) is 15.1. The number of hydrogen-bond acceptors (Lipinski definition) is 4. The topological polar surface area (TPSA) is 76.7 Å². The van der Waals surface area contributed by atoms with Gasteiger partial charge >= 0.3 is 0 Å². The number of amides is 2. The molecule has 1 aliphatic carbocycles. The highest BCUT2D eigenvalue weighted by molar-refractivity contribution is 5.82. The molecule has 6 nitrogen and oxygen atoms in total. The summed E-state index contributed by atoms with van der Waals surface area (Å²) in [6.07, 6.45) is 1.26. The van der Waals surface area contributed by atoms with E-state index in [1.807, 2.05) is 18.2 Å². The largest absolute Gasteiger partial charge is 0.454 e. The summed E-state index contributed by atoms with van der Waals surface area (Å²) in [5, 5.41) is 5.79. The van der Waals surface area contributed by atoms with Crippen molar-refractivity contribution in [2.24, 2.45) is 11.8 Å². The summed E-state index contributed by atoms with van der Waals surface area (Å²) in [7, 11) is 0. The zero-order chi connectivity index (χ0) is 18.0. The maximum absolute atomic E-state index is 12.0. The smallest absolute Gasteiger partial charge is 0.231 e. The summed E-state index contributed by atoms with van der Waals surface area (Å²) in [5.74, 6) is 2.14. The van der Waals surface area contributed by atoms with Crippen molar-refractivity contribution in [3.8, 4) is 11.5 Å². The Morgan fingerprint density at radius 3 is 2.64 bits per heavy atom. The lowest BCUT2D eigenvalue weighted by atomic mass is 9.84. The monoisotopic (exact) mass is 346 g/mol. The number of nitrogens with one attached hydrogen (secondary N) is 2. The fraction of sp³-hybridized carbons (Fsp3) is 0.579. The minimum absolute atomic E-state index is 0.0574. The van der Waals surface area contributed by atoms with E-state index in [2.05, 4.69) is 31.4 Å². The SMILES string of the molecule is C[C@@H]1C[C@H]1C(=O)NCCC(=O)NCC(C)(C)c1ccc2c(c1)OCO2. The Balaban J connectivity index is 1.43. The van der Waals surface area contributed by atoms with Gasteiger partial charge in [0.25, 0.3) is 0 Å². The molecule has 1 heterocycles. The predicted octanol–water partition coefficient (Wildman–Crippen LogP) is 1.97. The summed E-state index contributed by atoms with van der Waals surface area (Å²) in [5.41, 5.74) is 0.844. The number of benzene rings is 1. The second-order valence-corrected chi connectivity index (χ2v) is 7.59. The highest BCUT2D eigenvalue weighted by Gasteiger charge is 2.38. The van der Waals surface area contributed by atoms with Crippen molar-refractivity contribution >= 4 is 11.8 Å². The van der Waals surface area contributed by atoms with Crippen LogP contribution in [0.25, 0.3) is 0 Å². The third-order valence-electron chi connectivity index (χ3n) is 4.98. The van der Waals surface area contributed by atoms with E-state index in [0.717, 1.165) is 23.5 Å². The molecule has 136 valence electrons. The second kappa shape index (κ2) is 6.94. The normalized spacial score (nSPS) is 20.9. The van der Waals surface area contributed by atoms with Gasteiger partial charge in [-0.3, -0.25) is 9.59 Å². The van der Waals surface area contributed by atoms with Gasteiger partial charge in [-0.2, -0.15) is 0 Å². The molecular formula is C19H26N2O4. The molecule has 1 aromatic carbocycles. The number of carbonyl (C=O) groups is 2. The average Bonchev–Trinajstić information content (AvgIpc) is 3.12. The van der Waals surface area contributed by atoms with Gasteiger partial charge in [0.2, 0.25) is 18.6 Å². The zero-order valence-electron chi connectivity index (χ0n) is 15.1. The fourth-order valence-electron chi connectivity index (χ4n) is 2.95. The van der Waals surface area contributed by atoms with Gasteiger partial charge in [0.1, 0.15) is 0 Å². The van der Waals surface area contributed by atoms with Crippen LogP contribution in [0.2, 0.25) is 0 Å². The van der Waals surface area contributed by atoms with Crippen molar-refractivity contribution in [2.75, 3.05) is 19.9 Å². The van der Waals surface area contributed by atoms with Crippen LogP contribution in [0, 0.1) is 11.8 Å². The Labute approximate surface area is 148 Å². The molecule has 1 saturated carbocycles. The second-order valence-electron chi connectivity index (χ2n) is 7.59. The van der Waals surface area contributed by atoms with Gasteiger partial charge in [-0.15, -0.1) is 0 Å². The third kappa shape index (κ3) is 4.24. The van der Waals surface area contributed by atoms with Crippen molar-refractivity contribution in [1.82, 2.24) is 10.6 Å². The molecule has 0 bridgehead atoms. The van der Waals surface area contributed by atoms with Crippen molar-refractivity contribution in [3.05, 3.63) is 23.8 Å². The lowest BCUT2D eigenvalue weighted by Gasteiger charge is -2.26. The molecule has 3 rings (SSSR count). The van der Waals surface area contributed by atoms with Crippen molar-refractivity contribution in [3.63, 3.8) is 0 Å². The van der Waals surface area contributed by atoms with Gasteiger partial charge in [0.05, 0.1) is 0 Å². The first-order valence-corrected chi connectivity index (χ1v) is 8.81. The van der Waals surface area contributed by atoms with E-state index in [1.54, 1.807) is 0 Å². The van der Waals surface area contributed by atoms with E-state index in [0.29, 0.717) is 25.4 Å². The molecule has 6 heteroatoms. The van der Waals surface area contributed by atoms with Crippen molar-refractivity contribution < 1.29 is 19.1 Å². The summed E-state index contributed by atoms with van der Waals surface area (Å²) in [6, 6.07) is 5.86. The van der Waals surface area contributed by atoms with Crippen LogP contribution >= 0.6 is 0 Å². The van der Waals surface area contributed by atoms with Gasteiger partial charge in [-0.1, -0.05) is 26.8 Å². The molecule has 2 atom stereocenters. The van der Waals surface area contributed by atoms with E-state index in [-0.39, 0.29) is 29.9 Å². The number of ether oxygens (including phenoxy) is 2. The summed E-state index contributed by atoms with van der Waals surface area (Å²) in [6.45, 7) is 7.36. The minimum atomic E-state index is -0.233. The standard InChI is InChI=1S/C19H26N2O4/c1-12-8-14(12)18(23)20-7-6-17(22)21-10-19(2,3)13-4-5-15-16(9-13)25-11-24-15/h4-5,9,12,14H,6-8,10-11H2,1-3H3,(H,20,23)(H,21,22)/t12-,14-/m1/s1. The quantitative estimate of drug-likeness (QED) is 0.791. The fourth-order valence-corrected chi connectivity index (χ4v) is 2.95. The lowest BCUT2D eigenvalue weighted by Crippen LogP contribution is -2.38. The molecule has 2 aliphatic rings. The van der Waals surface area contributed by atoms with Crippen molar-refractivity contribution in [1.29, 1.82) is 0 Å². The van der Waals surface area contributed by atoms with Gasteiger partial charge in [0, 0.05) is 30.8 Å². The molecule has 1 fully saturated rings. The van der Waals surface area contributed by atoms with E-state index in [4.69, 9.17) is 9.47 Å². The van der Waals surface area contributed by atoms with Crippen LogP contribution in [0.5, 0.6) is 11.5 Å². The number of carbonyl (C=O) groups excluding carboxylic acids is 2. The van der Waals surface area contributed by atoms with E-state index in [1.165, 1.54) is 0 Å². The molecule has 25 heavy (non-hydrogen) atoms. The van der Waals surface area contributed by atoms with Crippen LogP contribution in [0.4, 0.5) is 0 Å². The summed E-state index contributed by atoms with van der Waals surface area (Å²) in [4.78, 5) is 23.8. The maximum Gasteiger partial charge on any atom is 0.231 e. The minimum Gasteiger partial charge on any atom is -0.454 e. The molecule has 0 radical (unpaired) electrons. The van der Waals surface area contributed by atoms with Gasteiger partial charge < -0.3 is 20.1 Å². The van der Waals surface area contributed by atoms with Gasteiger partial charge in [-0.05, 0) is 30.0 Å². The molecule has 1 aliphatic heterocycles. The van der Waals surface area contributed by atoms with E-state index in [9.17, 15) is 9.59 Å². The summed E-state index contributed by atoms with van der Waals surface area (Å²) >= 11 is 0. The number of fused-ring (bicyclic) bond motifs is 1. The van der Waals surface area contributed by atoms with E-state index < -0.39 is 0 Å². The Morgan fingerprint density at radius 2 is 1.92 bits per heavy atom. The molecule has 0 spiro atoms. The van der Waals surface area contributed by atoms with Crippen LogP contribution < -0.4 is 20.1 Å². The highest BCUT2D eigenvalue weighted by atomic mass is 16.7. The molecule has 1 aromatic rings. The first kappa shape index (κ1) is 17.6. The number of hydrogen-bond donors (Lipinski definition) is 2. The molecule has 0 aromatic heterocycles. The first-order valence-electron chi connectivity index (χ1n) is 8.81. The highest BCUT2D eigenvalue weighted by Crippen LogP contribution is 2.37. The van der Waals surface area contributed by atoms with Crippen LogP contribution in [-0.4, -0.2) is 31.7 Å². The Hall–Kier alpha value is -2.24. The third-order valence-corrected chi connectivity index (χ3v) is 4.98. The van der Waals surface area contributed by atoms with E-state index >= 15 is 0 Å². The summed E-state index contributed by atoms with van der Waals surface area (Å²) < 4.78 is 10.7. The predicted molar refractivity (Wildman–Crippen MR) is 93.5 cm³/mol. The van der Waals surface area contributed by atoms with Crippen molar-refractivity contribution in [2.45, 2.75) is 39.0 Å². The van der Waals surface area contributed by atoms with Crippen LogP contribution in [0.3, 0.4) is 0 Å². The Bertz CT molecular complexity index is 671. The van der Waals surface area contributed by atoms with Crippen LogP contribution in [0.1, 0.15) is 39.2 Å². The first-order chi connectivity index (χ1) is 11.9. The molecular weight excluding hydrogens is 320 g/mol. The van der Waals surface area contributed by atoms with Crippen LogP contribution in [-0.2, 0) is 15.0 Å². The average molecular weight is 346 g/mol. The Kier molecular flexibility index (Phi) is 4.88. The number of rotatable bonds is 7. The maximum atomic E-state index is 12.0.